The maximum atomic E-state index is 14.6. The van der Waals surface area contributed by atoms with Crippen molar-refractivity contribution in [3.63, 3.8) is 0 Å². The summed E-state index contributed by atoms with van der Waals surface area (Å²) >= 11 is 0. The quantitative estimate of drug-likeness (QED) is 0.837. The minimum Gasteiger partial charge on any atom is -0.444 e. The fourth-order valence-corrected chi connectivity index (χ4v) is 3.20. The highest BCUT2D eigenvalue weighted by Gasteiger charge is 2.33. The predicted octanol–water partition coefficient (Wildman–Crippen LogP) is 2.37. The van der Waals surface area contributed by atoms with Gasteiger partial charge in [-0.05, 0) is 6.42 Å². The summed E-state index contributed by atoms with van der Waals surface area (Å²) in [7, 11) is 0. The molecule has 0 bridgehead atoms. The topological polar surface area (TPSA) is 53.1 Å². The molecule has 1 atom stereocenters. The van der Waals surface area contributed by atoms with E-state index in [1.165, 1.54) is 11.8 Å². The minimum absolute atomic E-state index is 0.0473. The molecule has 1 aromatic carbocycles. The molecular weight excluding hydrogens is 332 g/mol. The lowest BCUT2D eigenvalue weighted by Gasteiger charge is -2.36. The number of carbonyl (C=O) groups is 2. The van der Waals surface area contributed by atoms with Gasteiger partial charge in [-0.1, -0.05) is 6.92 Å². The molecule has 2 heterocycles. The van der Waals surface area contributed by atoms with Gasteiger partial charge in [-0.25, -0.2) is 13.6 Å². The van der Waals surface area contributed by atoms with Crippen molar-refractivity contribution < 1.29 is 23.1 Å². The summed E-state index contributed by atoms with van der Waals surface area (Å²) in [6.45, 7) is 5.20. The van der Waals surface area contributed by atoms with E-state index in [0.29, 0.717) is 32.6 Å². The molecule has 2 fully saturated rings. The van der Waals surface area contributed by atoms with Gasteiger partial charge in [-0.3, -0.25) is 9.69 Å². The van der Waals surface area contributed by atoms with Gasteiger partial charge in [0.1, 0.15) is 11.8 Å². The lowest BCUT2D eigenvalue weighted by molar-refractivity contribution is -0.129. The molecule has 0 spiro atoms. The van der Waals surface area contributed by atoms with E-state index in [-0.39, 0.29) is 29.9 Å². The molecule has 0 aromatic heterocycles. The highest BCUT2D eigenvalue weighted by Crippen LogP contribution is 2.31. The van der Waals surface area contributed by atoms with Gasteiger partial charge in [0.05, 0.1) is 12.2 Å². The van der Waals surface area contributed by atoms with Crippen LogP contribution in [0.25, 0.3) is 0 Å². The highest BCUT2D eigenvalue weighted by molar-refractivity contribution is 5.90. The molecule has 25 heavy (non-hydrogen) atoms. The van der Waals surface area contributed by atoms with E-state index in [1.807, 2.05) is 6.92 Å². The van der Waals surface area contributed by atoms with E-state index < -0.39 is 17.7 Å². The molecule has 0 radical (unpaired) electrons. The third kappa shape index (κ3) is 3.38. The average molecular weight is 353 g/mol. The summed E-state index contributed by atoms with van der Waals surface area (Å²) < 4.78 is 34.3. The summed E-state index contributed by atoms with van der Waals surface area (Å²) in [6.07, 6.45) is -0.211. The highest BCUT2D eigenvalue weighted by atomic mass is 19.1. The Morgan fingerprint density at radius 2 is 1.80 bits per heavy atom. The third-order valence-electron chi connectivity index (χ3n) is 4.68. The zero-order chi connectivity index (χ0) is 18.1. The average Bonchev–Trinajstić information content (AvgIpc) is 2.95. The summed E-state index contributed by atoms with van der Waals surface area (Å²) in [5.41, 5.74) is 0.0358. The van der Waals surface area contributed by atoms with E-state index in [4.69, 9.17) is 4.74 Å². The number of anilines is 2. The molecule has 0 saturated carbocycles. The van der Waals surface area contributed by atoms with Gasteiger partial charge in [0.2, 0.25) is 5.91 Å². The van der Waals surface area contributed by atoms with E-state index >= 15 is 0 Å². The number of hydrogen-bond acceptors (Lipinski definition) is 4. The van der Waals surface area contributed by atoms with Gasteiger partial charge in [-0.2, -0.15) is 0 Å². The van der Waals surface area contributed by atoms with Crippen LogP contribution in [-0.4, -0.2) is 55.7 Å². The fraction of sp³-hybridized carbons (Fsp3) is 0.529. The normalized spacial score (nSPS) is 20.9. The number of cyclic esters (lactones) is 1. The van der Waals surface area contributed by atoms with E-state index in [1.54, 1.807) is 9.80 Å². The van der Waals surface area contributed by atoms with Crippen molar-refractivity contribution in [1.82, 2.24) is 4.90 Å². The maximum Gasteiger partial charge on any atom is 0.414 e. The van der Waals surface area contributed by atoms with Crippen molar-refractivity contribution in [2.75, 3.05) is 42.5 Å². The van der Waals surface area contributed by atoms with Crippen LogP contribution in [0.5, 0.6) is 0 Å². The number of halogens is 2. The molecule has 2 saturated heterocycles. The Bertz CT molecular complexity index is 667. The summed E-state index contributed by atoms with van der Waals surface area (Å²) in [6, 6.07) is 2.32. The minimum atomic E-state index is -0.723. The van der Waals surface area contributed by atoms with Crippen LogP contribution in [0, 0.1) is 11.6 Å². The first-order chi connectivity index (χ1) is 11.9. The van der Waals surface area contributed by atoms with Gasteiger partial charge in [0.25, 0.3) is 0 Å². The predicted molar refractivity (Wildman–Crippen MR) is 88.7 cm³/mol. The van der Waals surface area contributed by atoms with Crippen molar-refractivity contribution >= 4 is 23.4 Å². The number of rotatable bonds is 3. The monoisotopic (exact) mass is 353 g/mol. The first kappa shape index (κ1) is 17.4. The number of piperazine rings is 1. The number of ether oxygens (including phenoxy) is 1. The maximum absolute atomic E-state index is 14.6. The first-order valence-electron chi connectivity index (χ1n) is 8.38. The third-order valence-corrected chi connectivity index (χ3v) is 4.68. The van der Waals surface area contributed by atoms with Gasteiger partial charge in [0.15, 0.2) is 11.6 Å². The molecule has 3 rings (SSSR count). The number of hydrogen-bond donors (Lipinski definition) is 0. The van der Waals surface area contributed by atoms with Gasteiger partial charge < -0.3 is 14.5 Å². The Kier molecular flexibility index (Phi) is 4.78. The summed E-state index contributed by atoms with van der Waals surface area (Å²) in [4.78, 5) is 27.7. The second-order valence-electron chi connectivity index (χ2n) is 6.28. The standard InChI is InChI=1S/C17H21F2N3O3/c1-3-13-10-22(17(24)25-13)12-8-14(18)16(15(19)9-12)21-6-4-20(5-7-21)11(2)23/h8-9,13H,3-7,10H2,1-2H3. The van der Waals surface area contributed by atoms with Gasteiger partial charge in [0, 0.05) is 45.2 Å². The van der Waals surface area contributed by atoms with E-state index in [2.05, 4.69) is 0 Å². The largest absolute Gasteiger partial charge is 0.444 e. The van der Waals surface area contributed by atoms with Crippen molar-refractivity contribution in [2.45, 2.75) is 26.4 Å². The number of carbonyl (C=O) groups excluding carboxylic acids is 2. The molecular formula is C17H21F2N3O3. The Morgan fingerprint density at radius 1 is 1.20 bits per heavy atom. The summed E-state index contributed by atoms with van der Waals surface area (Å²) in [5.74, 6) is -1.49. The van der Waals surface area contributed by atoms with Crippen LogP contribution in [0.4, 0.5) is 25.0 Å². The van der Waals surface area contributed by atoms with Crippen LogP contribution in [0.1, 0.15) is 20.3 Å². The van der Waals surface area contributed by atoms with Crippen molar-refractivity contribution in [2.24, 2.45) is 0 Å². The number of nitrogens with zero attached hydrogens (tertiary/aromatic N) is 3. The molecule has 136 valence electrons. The Morgan fingerprint density at radius 3 is 2.28 bits per heavy atom. The second-order valence-corrected chi connectivity index (χ2v) is 6.28. The van der Waals surface area contributed by atoms with Gasteiger partial charge >= 0.3 is 6.09 Å². The lowest BCUT2D eigenvalue weighted by Crippen LogP contribution is -2.48. The Hall–Kier alpha value is -2.38. The van der Waals surface area contributed by atoms with E-state index in [9.17, 15) is 18.4 Å². The molecule has 0 N–H and O–H groups in total. The molecule has 8 heteroatoms. The second kappa shape index (κ2) is 6.85. The first-order valence-corrected chi connectivity index (χ1v) is 8.38. The molecule has 2 aliphatic rings. The molecule has 6 nitrogen and oxygen atoms in total. The smallest absolute Gasteiger partial charge is 0.414 e. The van der Waals surface area contributed by atoms with Crippen LogP contribution in [0.3, 0.4) is 0 Å². The molecule has 2 amide bonds. The lowest BCUT2D eigenvalue weighted by atomic mass is 10.2. The fourth-order valence-electron chi connectivity index (χ4n) is 3.20. The van der Waals surface area contributed by atoms with E-state index in [0.717, 1.165) is 12.1 Å². The summed E-state index contributed by atoms with van der Waals surface area (Å²) in [5, 5.41) is 0. The van der Waals surface area contributed by atoms with Crippen LogP contribution in [0.2, 0.25) is 0 Å². The molecule has 1 aromatic rings. The van der Waals surface area contributed by atoms with Crippen LogP contribution < -0.4 is 9.80 Å². The zero-order valence-electron chi connectivity index (χ0n) is 14.3. The SMILES string of the molecule is CCC1CN(c2cc(F)c(N3CCN(C(C)=O)CC3)c(F)c2)C(=O)O1. The molecule has 2 aliphatic heterocycles. The molecule has 0 aliphatic carbocycles. The van der Waals surface area contributed by atoms with Crippen LogP contribution in [-0.2, 0) is 9.53 Å². The van der Waals surface area contributed by atoms with Crippen LogP contribution >= 0.6 is 0 Å². The zero-order valence-corrected chi connectivity index (χ0v) is 14.3. The van der Waals surface area contributed by atoms with Crippen molar-refractivity contribution in [1.29, 1.82) is 0 Å². The van der Waals surface area contributed by atoms with Crippen molar-refractivity contribution in [3.05, 3.63) is 23.8 Å². The molecule has 1 unspecified atom stereocenters. The number of amides is 2. The van der Waals surface area contributed by atoms with Gasteiger partial charge in [-0.15, -0.1) is 0 Å². The Balaban J connectivity index is 1.80. The van der Waals surface area contributed by atoms with Crippen molar-refractivity contribution in [3.8, 4) is 0 Å². The Labute approximate surface area is 144 Å². The number of benzene rings is 1. The van der Waals surface area contributed by atoms with Crippen LogP contribution in [0.15, 0.2) is 12.1 Å².